The molecule has 3 aromatic rings. The molecule has 0 fully saturated rings. The Kier molecular flexibility index (Phi) is 7.42. The van der Waals surface area contributed by atoms with Gasteiger partial charge in [0, 0.05) is 18.4 Å². The second kappa shape index (κ2) is 10.7. The van der Waals surface area contributed by atoms with E-state index in [1.165, 1.54) is 12.5 Å². The molecule has 2 atom stereocenters. The smallest absolute Gasteiger partial charge is 0.407 e. The highest BCUT2D eigenvalue weighted by molar-refractivity contribution is 7.09. The molecular formula is C25H25N3O6S. The van der Waals surface area contributed by atoms with E-state index in [1.54, 1.807) is 6.92 Å². The van der Waals surface area contributed by atoms with Crippen molar-refractivity contribution in [2.24, 2.45) is 0 Å². The predicted octanol–water partition coefficient (Wildman–Crippen LogP) is 3.40. The van der Waals surface area contributed by atoms with E-state index in [0.717, 1.165) is 33.6 Å². The average molecular weight is 496 g/mol. The Morgan fingerprint density at radius 3 is 2.29 bits per heavy atom. The third kappa shape index (κ3) is 5.33. The van der Waals surface area contributed by atoms with Gasteiger partial charge < -0.3 is 25.2 Å². The van der Waals surface area contributed by atoms with Crippen molar-refractivity contribution in [3.63, 3.8) is 0 Å². The quantitative estimate of drug-likeness (QED) is 0.415. The Morgan fingerprint density at radius 2 is 1.71 bits per heavy atom. The third-order valence-corrected chi connectivity index (χ3v) is 6.77. The number of amides is 2. The maximum absolute atomic E-state index is 12.8. The van der Waals surface area contributed by atoms with Crippen LogP contribution in [-0.4, -0.2) is 53.9 Å². The summed E-state index contributed by atoms with van der Waals surface area (Å²) in [5, 5.41) is 16.1. The van der Waals surface area contributed by atoms with Gasteiger partial charge in [-0.2, -0.15) is 0 Å². The fourth-order valence-electron chi connectivity index (χ4n) is 4.06. The molecule has 1 aliphatic rings. The minimum atomic E-state index is -1.14. The molecule has 1 aromatic heterocycles. The number of carboxylic acids is 1. The van der Waals surface area contributed by atoms with Crippen molar-refractivity contribution in [1.82, 2.24) is 15.6 Å². The van der Waals surface area contributed by atoms with Gasteiger partial charge in [-0.3, -0.25) is 4.79 Å². The molecule has 1 heterocycles. The summed E-state index contributed by atoms with van der Waals surface area (Å²) in [7, 11) is 1.43. The number of aromatic nitrogens is 1. The van der Waals surface area contributed by atoms with Crippen LogP contribution < -0.4 is 10.6 Å². The molecule has 3 N–H and O–H groups in total. The SMILES string of the molecule is COC(C)C(NC(=O)OCC1c2ccccc2-c2ccccc21)C(=O)NCc1nc(C(=O)O)cs1. The van der Waals surface area contributed by atoms with Gasteiger partial charge >= 0.3 is 12.1 Å². The maximum atomic E-state index is 12.8. The van der Waals surface area contributed by atoms with Crippen molar-refractivity contribution in [3.05, 3.63) is 75.7 Å². The topological polar surface area (TPSA) is 127 Å². The number of nitrogens with zero attached hydrogens (tertiary/aromatic N) is 1. The fourth-order valence-corrected chi connectivity index (χ4v) is 4.77. The number of carboxylic acid groups (broad SMARTS) is 1. The number of rotatable bonds is 9. The van der Waals surface area contributed by atoms with Gasteiger partial charge in [0.2, 0.25) is 5.91 Å². The Bertz CT molecular complexity index is 1200. The van der Waals surface area contributed by atoms with Crippen molar-refractivity contribution in [2.45, 2.75) is 31.5 Å². The Balaban J connectivity index is 1.38. The second-order valence-electron chi connectivity index (χ2n) is 8.04. The summed E-state index contributed by atoms with van der Waals surface area (Å²) in [4.78, 5) is 40.4. The first-order valence-corrected chi connectivity index (χ1v) is 11.9. The van der Waals surface area contributed by atoms with E-state index in [9.17, 15) is 14.4 Å². The number of benzene rings is 2. The molecular weight excluding hydrogens is 470 g/mol. The molecule has 2 aromatic carbocycles. The average Bonchev–Trinajstić information content (AvgIpc) is 3.47. The van der Waals surface area contributed by atoms with Crippen LogP contribution in [0.4, 0.5) is 4.79 Å². The van der Waals surface area contributed by atoms with Crippen LogP contribution in [0.15, 0.2) is 53.9 Å². The number of ether oxygens (including phenoxy) is 2. The standard InChI is InChI=1S/C25H25N3O6S/c1-14(33-2)22(23(29)26-11-21-27-20(13-35-21)24(30)31)28-25(32)34-12-19-17-9-5-3-7-15(17)16-8-4-6-10-18(16)19/h3-10,13-14,19,22H,11-12H2,1-2H3,(H,26,29)(H,28,32)(H,30,31). The zero-order valence-electron chi connectivity index (χ0n) is 19.2. The Labute approximate surface area is 206 Å². The second-order valence-corrected chi connectivity index (χ2v) is 8.98. The number of hydrogen-bond acceptors (Lipinski definition) is 7. The van der Waals surface area contributed by atoms with Crippen LogP contribution in [0.5, 0.6) is 0 Å². The highest BCUT2D eigenvalue weighted by Crippen LogP contribution is 2.44. The fraction of sp³-hybridized carbons (Fsp3) is 0.280. The number of carbonyl (C=O) groups excluding carboxylic acids is 2. The minimum absolute atomic E-state index is 0.0239. The maximum Gasteiger partial charge on any atom is 0.407 e. The van der Waals surface area contributed by atoms with Gasteiger partial charge in [0.15, 0.2) is 5.69 Å². The van der Waals surface area contributed by atoms with Crippen molar-refractivity contribution in [2.75, 3.05) is 13.7 Å². The van der Waals surface area contributed by atoms with Crippen LogP contribution in [-0.2, 0) is 20.8 Å². The summed E-state index contributed by atoms with van der Waals surface area (Å²) in [5.41, 5.74) is 4.33. The zero-order valence-corrected chi connectivity index (χ0v) is 20.0. The highest BCUT2D eigenvalue weighted by Gasteiger charge is 2.31. The van der Waals surface area contributed by atoms with Crippen LogP contribution >= 0.6 is 11.3 Å². The van der Waals surface area contributed by atoms with Gasteiger partial charge in [0.1, 0.15) is 17.7 Å². The summed E-state index contributed by atoms with van der Waals surface area (Å²) < 4.78 is 10.8. The molecule has 1 aliphatic carbocycles. The lowest BCUT2D eigenvalue weighted by Crippen LogP contribution is -2.53. The van der Waals surface area contributed by atoms with Crippen LogP contribution in [0.1, 0.15) is 39.5 Å². The molecule has 0 saturated carbocycles. The van der Waals surface area contributed by atoms with Gasteiger partial charge in [-0.25, -0.2) is 14.6 Å². The lowest BCUT2D eigenvalue weighted by atomic mass is 9.98. The van der Waals surface area contributed by atoms with E-state index in [-0.39, 0.29) is 24.8 Å². The summed E-state index contributed by atoms with van der Waals surface area (Å²) >= 11 is 1.12. The molecule has 0 radical (unpaired) electrons. The van der Waals surface area contributed by atoms with Crippen molar-refractivity contribution in [1.29, 1.82) is 0 Å². The van der Waals surface area contributed by atoms with E-state index < -0.39 is 30.1 Å². The van der Waals surface area contributed by atoms with E-state index in [0.29, 0.717) is 5.01 Å². The van der Waals surface area contributed by atoms with Gasteiger partial charge in [-0.15, -0.1) is 11.3 Å². The first-order valence-electron chi connectivity index (χ1n) is 11.0. The number of methoxy groups -OCH3 is 1. The lowest BCUT2D eigenvalue weighted by Gasteiger charge is -2.23. The number of nitrogens with one attached hydrogen (secondary N) is 2. The van der Waals surface area contributed by atoms with Crippen molar-refractivity contribution >= 4 is 29.3 Å². The number of hydrogen-bond donors (Lipinski definition) is 3. The first kappa shape index (κ1) is 24.4. The molecule has 182 valence electrons. The molecule has 10 heteroatoms. The summed E-state index contributed by atoms with van der Waals surface area (Å²) in [6.07, 6.45) is -1.38. The molecule has 0 spiro atoms. The molecule has 0 saturated heterocycles. The molecule has 2 unspecified atom stereocenters. The van der Waals surface area contributed by atoms with Crippen LogP contribution in [0.3, 0.4) is 0 Å². The Hall–Kier alpha value is -3.76. The first-order chi connectivity index (χ1) is 16.9. The van der Waals surface area contributed by atoms with E-state index >= 15 is 0 Å². The van der Waals surface area contributed by atoms with Crippen molar-refractivity contribution in [3.8, 4) is 11.1 Å². The van der Waals surface area contributed by atoms with Crippen LogP contribution in [0.2, 0.25) is 0 Å². The van der Waals surface area contributed by atoms with Crippen molar-refractivity contribution < 1.29 is 29.0 Å². The third-order valence-electron chi connectivity index (χ3n) is 5.93. The minimum Gasteiger partial charge on any atom is -0.476 e. The molecule has 0 bridgehead atoms. The normalized spacial score (nSPS) is 13.9. The van der Waals surface area contributed by atoms with Gasteiger partial charge in [0.25, 0.3) is 0 Å². The number of alkyl carbamates (subject to hydrolysis) is 1. The van der Waals surface area contributed by atoms with Crippen LogP contribution in [0.25, 0.3) is 11.1 Å². The zero-order chi connectivity index (χ0) is 24.9. The number of fused-ring (bicyclic) bond motifs is 3. The lowest BCUT2D eigenvalue weighted by molar-refractivity contribution is -0.126. The van der Waals surface area contributed by atoms with Gasteiger partial charge in [0.05, 0.1) is 12.6 Å². The number of carbonyl (C=O) groups is 3. The Morgan fingerprint density at radius 1 is 1.09 bits per heavy atom. The summed E-state index contributed by atoms with van der Waals surface area (Å²) in [6, 6.07) is 15.0. The molecule has 4 rings (SSSR count). The molecule has 35 heavy (non-hydrogen) atoms. The van der Waals surface area contributed by atoms with E-state index in [4.69, 9.17) is 14.6 Å². The van der Waals surface area contributed by atoms with Crippen LogP contribution in [0, 0.1) is 0 Å². The van der Waals surface area contributed by atoms with Gasteiger partial charge in [-0.05, 0) is 29.2 Å². The summed E-state index contributed by atoms with van der Waals surface area (Å²) in [5.74, 6) is -1.74. The molecule has 9 nitrogen and oxygen atoms in total. The summed E-state index contributed by atoms with van der Waals surface area (Å²) in [6.45, 7) is 1.79. The molecule has 0 aliphatic heterocycles. The van der Waals surface area contributed by atoms with Gasteiger partial charge in [-0.1, -0.05) is 48.5 Å². The monoisotopic (exact) mass is 495 g/mol. The van der Waals surface area contributed by atoms with E-state index in [1.807, 2.05) is 36.4 Å². The van der Waals surface area contributed by atoms with E-state index in [2.05, 4.69) is 27.8 Å². The highest BCUT2D eigenvalue weighted by atomic mass is 32.1. The largest absolute Gasteiger partial charge is 0.476 e. The predicted molar refractivity (Wildman–Crippen MR) is 129 cm³/mol. The number of aromatic carboxylic acids is 1. The molecule has 2 amide bonds. The number of thiazole rings is 1.